The summed E-state index contributed by atoms with van der Waals surface area (Å²) < 4.78 is 31.0. The average Bonchev–Trinajstić information content (AvgIpc) is 3.47. The number of sulfonamides is 1. The lowest BCUT2D eigenvalue weighted by Gasteiger charge is -2.28. The number of anilines is 1. The van der Waals surface area contributed by atoms with E-state index >= 15 is 0 Å². The number of hydrogen-bond donors (Lipinski definition) is 3. The number of likely N-dealkylation sites (tertiary alicyclic amines) is 1. The van der Waals surface area contributed by atoms with Crippen LogP contribution in [0.1, 0.15) is 24.0 Å². The third-order valence-corrected chi connectivity index (χ3v) is 7.79. The molecule has 1 heterocycles. The molecule has 212 valence electrons. The average molecular weight is 576 g/mol. The van der Waals surface area contributed by atoms with Crippen LogP contribution >= 0.6 is 0 Å². The van der Waals surface area contributed by atoms with Crippen molar-refractivity contribution in [3.63, 3.8) is 0 Å². The summed E-state index contributed by atoms with van der Waals surface area (Å²) in [4.78, 5) is 40.9. The van der Waals surface area contributed by atoms with Gasteiger partial charge in [-0.05, 0) is 48.2 Å². The second kappa shape index (κ2) is 13.5. The summed E-state index contributed by atoms with van der Waals surface area (Å²) in [5.74, 6) is -0.848. The molecule has 12 heteroatoms. The Labute approximate surface area is 238 Å². The molecule has 1 fully saturated rings. The van der Waals surface area contributed by atoms with Crippen LogP contribution in [-0.4, -0.2) is 49.9 Å². The van der Waals surface area contributed by atoms with Crippen LogP contribution in [0.4, 0.5) is 10.5 Å². The molecule has 4 rings (SSSR count). The summed E-state index contributed by atoms with van der Waals surface area (Å²) in [6.45, 7) is 0.375. The van der Waals surface area contributed by atoms with E-state index < -0.39 is 40.0 Å². The van der Waals surface area contributed by atoms with E-state index in [4.69, 9.17) is 10.00 Å². The number of alkyl carbamates (subject to hydrolysis) is 1. The lowest BCUT2D eigenvalue weighted by atomic mass is 10.0. The molecule has 1 aliphatic heterocycles. The van der Waals surface area contributed by atoms with Gasteiger partial charge in [-0.2, -0.15) is 5.26 Å². The maximum Gasteiger partial charge on any atom is 0.408 e. The second-order valence-electron chi connectivity index (χ2n) is 9.37. The summed E-state index contributed by atoms with van der Waals surface area (Å²) in [5.41, 5.74) is 1.96. The van der Waals surface area contributed by atoms with E-state index in [1.165, 1.54) is 35.4 Å². The van der Waals surface area contributed by atoms with Gasteiger partial charge in [0.15, 0.2) is 6.19 Å². The molecule has 0 bridgehead atoms. The van der Waals surface area contributed by atoms with E-state index in [-0.39, 0.29) is 17.9 Å². The molecule has 0 spiro atoms. The Bertz CT molecular complexity index is 1510. The molecule has 2 atom stereocenters. The first-order valence-electron chi connectivity index (χ1n) is 12.9. The van der Waals surface area contributed by atoms with Crippen molar-refractivity contribution >= 4 is 33.6 Å². The van der Waals surface area contributed by atoms with Gasteiger partial charge in [0.2, 0.25) is 11.8 Å². The maximum absolute atomic E-state index is 13.7. The Balaban J connectivity index is 1.44. The van der Waals surface area contributed by atoms with Crippen molar-refractivity contribution in [2.75, 3.05) is 11.9 Å². The van der Waals surface area contributed by atoms with Crippen LogP contribution in [0.25, 0.3) is 0 Å². The van der Waals surface area contributed by atoms with Crippen molar-refractivity contribution in [3.05, 3.63) is 96.1 Å². The van der Waals surface area contributed by atoms with Crippen molar-refractivity contribution in [1.29, 1.82) is 5.26 Å². The third kappa shape index (κ3) is 7.83. The molecular formula is C29H29N5O6S. The Hall–Kier alpha value is -4.89. The molecule has 0 radical (unpaired) electrons. The van der Waals surface area contributed by atoms with Crippen LogP contribution in [0.5, 0.6) is 0 Å². The number of carbonyl (C=O) groups excluding carboxylic acids is 3. The number of ether oxygens (including phenoxy) is 1. The normalized spacial score (nSPS) is 15.3. The SMILES string of the molecule is N#CNS(=O)(=O)c1ccc(NC(=O)[C@@H]2CCCN2C(=O)[C@@H](Cc2ccccc2)NC(=O)OCc2ccccc2)cc1. The Morgan fingerprint density at radius 2 is 1.59 bits per heavy atom. The lowest BCUT2D eigenvalue weighted by Crippen LogP contribution is -2.53. The van der Waals surface area contributed by atoms with Gasteiger partial charge >= 0.3 is 6.09 Å². The molecule has 3 aromatic carbocycles. The van der Waals surface area contributed by atoms with Crippen molar-refractivity contribution in [3.8, 4) is 6.19 Å². The van der Waals surface area contributed by atoms with Gasteiger partial charge in [0.05, 0.1) is 4.90 Å². The van der Waals surface area contributed by atoms with Gasteiger partial charge in [-0.25, -0.2) is 17.9 Å². The zero-order valence-electron chi connectivity index (χ0n) is 22.0. The second-order valence-corrected chi connectivity index (χ2v) is 11.1. The highest BCUT2D eigenvalue weighted by atomic mass is 32.2. The van der Waals surface area contributed by atoms with Gasteiger partial charge in [-0.1, -0.05) is 60.7 Å². The van der Waals surface area contributed by atoms with Gasteiger partial charge < -0.3 is 20.3 Å². The quantitative estimate of drug-likeness (QED) is 0.248. The van der Waals surface area contributed by atoms with Crippen LogP contribution in [-0.2, 0) is 37.4 Å². The Kier molecular flexibility index (Phi) is 9.55. The van der Waals surface area contributed by atoms with E-state index in [1.54, 1.807) is 4.72 Å². The molecule has 0 aromatic heterocycles. The summed E-state index contributed by atoms with van der Waals surface area (Å²) in [5, 5.41) is 14.0. The molecule has 41 heavy (non-hydrogen) atoms. The molecule has 11 nitrogen and oxygen atoms in total. The fourth-order valence-electron chi connectivity index (χ4n) is 4.52. The molecule has 3 amide bonds. The third-order valence-electron chi connectivity index (χ3n) is 6.54. The standard InChI is InChI=1S/C29H29N5O6S/c30-20-31-41(38,39)24-15-13-23(14-16-24)32-27(35)26-12-7-17-34(26)28(36)25(18-21-8-3-1-4-9-21)33-29(37)40-19-22-10-5-2-6-11-22/h1-6,8-11,13-16,25-26,31H,7,12,17-19H2,(H,32,35)(H,33,37)/t25-,26+/m1/s1. The summed E-state index contributed by atoms with van der Waals surface area (Å²) in [6, 6.07) is 21.9. The minimum absolute atomic E-state index is 0.0420. The van der Waals surface area contributed by atoms with Gasteiger partial charge in [-0.3, -0.25) is 9.59 Å². The topological polar surface area (TPSA) is 158 Å². The first-order chi connectivity index (χ1) is 19.8. The monoisotopic (exact) mass is 575 g/mol. The largest absolute Gasteiger partial charge is 0.445 e. The van der Waals surface area contributed by atoms with E-state index in [0.29, 0.717) is 25.1 Å². The fourth-order valence-corrected chi connectivity index (χ4v) is 5.25. The van der Waals surface area contributed by atoms with Crippen molar-refractivity contribution in [2.45, 2.75) is 42.8 Å². The van der Waals surface area contributed by atoms with Gasteiger partial charge in [-0.15, -0.1) is 0 Å². The smallest absolute Gasteiger partial charge is 0.408 e. The molecule has 3 N–H and O–H groups in total. The number of nitrogens with one attached hydrogen (secondary N) is 3. The highest BCUT2D eigenvalue weighted by Gasteiger charge is 2.38. The number of amides is 3. The minimum atomic E-state index is -3.98. The van der Waals surface area contributed by atoms with Crippen molar-refractivity contribution < 1.29 is 27.5 Å². The van der Waals surface area contributed by atoms with Crippen LogP contribution in [0, 0.1) is 11.5 Å². The van der Waals surface area contributed by atoms with Crippen LogP contribution in [0.3, 0.4) is 0 Å². The lowest BCUT2D eigenvalue weighted by molar-refractivity contribution is -0.138. The predicted molar refractivity (Wildman–Crippen MR) is 149 cm³/mol. The van der Waals surface area contributed by atoms with Gasteiger partial charge in [0.1, 0.15) is 18.7 Å². The van der Waals surface area contributed by atoms with E-state index in [0.717, 1.165) is 11.1 Å². The molecule has 3 aromatic rings. The molecule has 0 unspecified atom stereocenters. The van der Waals surface area contributed by atoms with Crippen LogP contribution in [0.2, 0.25) is 0 Å². The zero-order chi connectivity index (χ0) is 29.2. The summed E-state index contributed by atoms with van der Waals surface area (Å²) in [6.07, 6.45) is 1.85. The fraction of sp³-hybridized carbons (Fsp3) is 0.241. The predicted octanol–water partition coefficient (Wildman–Crippen LogP) is 2.91. The molecule has 1 aliphatic rings. The first kappa shape index (κ1) is 29.1. The molecule has 0 aliphatic carbocycles. The number of hydrogen-bond acceptors (Lipinski definition) is 7. The van der Waals surface area contributed by atoms with E-state index in [2.05, 4.69) is 10.6 Å². The summed E-state index contributed by atoms with van der Waals surface area (Å²) in [7, 11) is -3.98. The van der Waals surface area contributed by atoms with Gasteiger partial charge in [0.25, 0.3) is 10.0 Å². The number of nitriles is 1. The van der Waals surface area contributed by atoms with Crippen LogP contribution in [0.15, 0.2) is 89.8 Å². The number of carbonyl (C=O) groups is 3. The van der Waals surface area contributed by atoms with Crippen molar-refractivity contribution in [1.82, 2.24) is 14.9 Å². The highest BCUT2D eigenvalue weighted by Crippen LogP contribution is 2.22. The number of nitrogens with zero attached hydrogens (tertiary/aromatic N) is 2. The molecular weight excluding hydrogens is 546 g/mol. The van der Waals surface area contributed by atoms with Gasteiger partial charge in [0, 0.05) is 18.7 Å². The molecule has 1 saturated heterocycles. The molecule has 0 saturated carbocycles. The highest BCUT2D eigenvalue weighted by molar-refractivity contribution is 7.89. The minimum Gasteiger partial charge on any atom is -0.445 e. The van der Waals surface area contributed by atoms with E-state index in [1.807, 2.05) is 60.7 Å². The number of benzene rings is 3. The Morgan fingerprint density at radius 3 is 2.22 bits per heavy atom. The van der Waals surface area contributed by atoms with Crippen molar-refractivity contribution in [2.24, 2.45) is 0 Å². The Morgan fingerprint density at radius 1 is 0.951 bits per heavy atom. The summed E-state index contributed by atoms with van der Waals surface area (Å²) >= 11 is 0. The first-order valence-corrected chi connectivity index (χ1v) is 14.4. The zero-order valence-corrected chi connectivity index (χ0v) is 22.8. The van der Waals surface area contributed by atoms with E-state index in [9.17, 15) is 22.8 Å². The van der Waals surface area contributed by atoms with Crippen LogP contribution < -0.4 is 15.4 Å². The maximum atomic E-state index is 13.7. The number of rotatable bonds is 10.